The Morgan fingerprint density at radius 2 is 1.93 bits per heavy atom. The van der Waals surface area contributed by atoms with Gasteiger partial charge < -0.3 is 10.1 Å². The van der Waals surface area contributed by atoms with Gasteiger partial charge in [-0.25, -0.2) is 18.7 Å². The van der Waals surface area contributed by atoms with Crippen molar-refractivity contribution in [2.45, 2.75) is 6.92 Å². The van der Waals surface area contributed by atoms with Crippen LogP contribution in [0.4, 0.5) is 24.5 Å². The van der Waals surface area contributed by atoms with Gasteiger partial charge in [-0.3, -0.25) is 9.63 Å². The first kappa shape index (κ1) is 21.7. The van der Waals surface area contributed by atoms with E-state index in [1.807, 2.05) is 22.6 Å². The minimum atomic E-state index is -1.42. The monoisotopic (exact) mass is 514 g/mol. The van der Waals surface area contributed by atoms with Gasteiger partial charge >= 0.3 is 0 Å². The number of hydrogen-bond donors (Lipinski definition) is 2. The van der Waals surface area contributed by atoms with Crippen molar-refractivity contribution in [1.29, 1.82) is 0 Å². The molecule has 0 saturated carbocycles. The maximum absolute atomic E-state index is 14.4. The summed E-state index contributed by atoms with van der Waals surface area (Å²) < 4.78 is 48.0. The molecule has 2 rings (SSSR count). The van der Waals surface area contributed by atoms with Gasteiger partial charge in [0.15, 0.2) is 11.6 Å². The molecule has 0 aliphatic rings. The van der Waals surface area contributed by atoms with Crippen molar-refractivity contribution < 1.29 is 27.5 Å². The molecular formula is C17H15ClF3IN2O3. The number of anilines is 2. The number of halogens is 5. The fourth-order valence-electron chi connectivity index (χ4n) is 2.04. The first-order chi connectivity index (χ1) is 12.8. The van der Waals surface area contributed by atoms with E-state index in [1.54, 1.807) is 13.0 Å². The van der Waals surface area contributed by atoms with Gasteiger partial charge in [-0.15, -0.1) is 0 Å². The van der Waals surface area contributed by atoms with E-state index in [4.69, 9.17) is 21.2 Å². The van der Waals surface area contributed by atoms with Crippen LogP contribution in [-0.4, -0.2) is 25.7 Å². The number of hydrogen-bond acceptors (Lipinski definition) is 4. The minimum absolute atomic E-state index is 0.0471. The Labute approximate surface area is 172 Å². The largest absolute Gasteiger partial charge is 0.379 e. The summed E-state index contributed by atoms with van der Waals surface area (Å²) in [7, 11) is 0. The van der Waals surface area contributed by atoms with Crippen molar-refractivity contribution in [1.82, 2.24) is 5.48 Å². The molecule has 0 fully saturated rings. The lowest BCUT2D eigenvalue weighted by Gasteiger charge is -2.15. The van der Waals surface area contributed by atoms with Gasteiger partial charge in [0.25, 0.3) is 5.91 Å². The summed E-state index contributed by atoms with van der Waals surface area (Å²) in [5.41, 5.74) is 1.02. The molecule has 5 nitrogen and oxygen atoms in total. The van der Waals surface area contributed by atoms with Crippen LogP contribution in [0.1, 0.15) is 17.3 Å². The van der Waals surface area contributed by atoms with Crippen LogP contribution >= 0.6 is 34.2 Å². The molecule has 0 heterocycles. The van der Waals surface area contributed by atoms with Crippen LogP contribution in [0, 0.1) is 21.0 Å². The summed E-state index contributed by atoms with van der Waals surface area (Å²) >= 11 is 7.54. The highest BCUT2D eigenvalue weighted by Gasteiger charge is 2.23. The molecule has 0 bridgehead atoms. The average Bonchev–Trinajstić information content (AvgIpc) is 2.63. The smallest absolute Gasteiger partial charge is 0.277 e. The van der Waals surface area contributed by atoms with Crippen LogP contribution in [0.15, 0.2) is 24.3 Å². The second-order valence-electron chi connectivity index (χ2n) is 5.13. The molecule has 10 heteroatoms. The first-order valence-electron chi connectivity index (χ1n) is 7.74. The van der Waals surface area contributed by atoms with E-state index in [2.05, 4.69) is 10.8 Å². The van der Waals surface area contributed by atoms with Crippen LogP contribution in [0.5, 0.6) is 0 Å². The highest BCUT2D eigenvalue weighted by molar-refractivity contribution is 14.1. The first-order valence-corrected chi connectivity index (χ1v) is 9.20. The molecule has 0 spiro atoms. The molecule has 0 aliphatic heterocycles. The van der Waals surface area contributed by atoms with Crippen molar-refractivity contribution in [3.63, 3.8) is 0 Å². The Hall–Kier alpha value is -1.56. The van der Waals surface area contributed by atoms with Crippen LogP contribution in [0.2, 0.25) is 5.02 Å². The molecule has 2 aromatic carbocycles. The van der Waals surface area contributed by atoms with E-state index < -0.39 is 34.1 Å². The molecule has 0 unspecified atom stereocenters. The predicted octanol–water partition coefficient (Wildman–Crippen LogP) is 4.80. The maximum atomic E-state index is 14.4. The molecule has 0 aliphatic carbocycles. The SMILES string of the molecule is CCOCCONC(=O)c1cc(Cl)c(F)c(F)c1Nc1ccc(I)cc1F. The molecule has 2 aromatic rings. The molecule has 27 heavy (non-hydrogen) atoms. The second kappa shape index (κ2) is 10.1. The Bertz CT molecular complexity index is 840. The number of hydroxylamine groups is 1. The van der Waals surface area contributed by atoms with Crippen LogP contribution in [-0.2, 0) is 9.57 Å². The third kappa shape index (κ3) is 5.71. The third-order valence-corrected chi connectivity index (χ3v) is 4.24. The van der Waals surface area contributed by atoms with Gasteiger partial charge in [0.2, 0.25) is 0 Å². The number of benzene rings is 2. The van der Waals surface area contributed by atoms with Crippen molar-refractivity contribution in [2.24, 2.45) is 0 Å². The van der Waals surface area contributed by atoms with Crippen molar-refractivity contribution in [3.05, 3.63) is 55.9 Å². The van der Waals surface area contributed by atoms with Crippen LogP contribution in [0.25, 0.3) is 0 Å². The third-order valence-electron chi connectivity index (χ3n) is 3.30. The summed E-state index contributed by atoms with van der Waals surface area (Å²) in [6.45, 7) is 2.55. The summed E-state index contributed by atoms with van der Waals surface area (Å²) in [6, 6.07) is 5.02. The number of ether oxygens (including phenoxy) is 1. The molecule has 146 valence electrons. The summed E-state index contributed by atoms with van der Waals surface area (Å²) in [4.78, 5) is 17.2. The molecular weight excluding hydrogens is 500 g/mol. The number of nitrogens with one attached hydrogen (secondary N) is 2. The van der Waals surface area contributed by atoms with E-state index in [0.717, 1.165) is 6.07 Å². The zero-order valence-electron chi connectivity index (χ0n) is 14.0. The lowest BCUT2D eigenvalue weighted by molar-refractivity contribution is 0.00169. The Kier molecular flexibility index (Phi) is 8.14. The maximum Gasteiger partial charge on any atom is 0.277 e. The standard InChI is InChI=1S/C17H15ClF3IN2O3/c1-2-26-5-6-27-24-17(25)10-8-11(18)14(20)15(21)16(10)23-13-4-3-9(22)7-12(13)19/h3-4,7-8,23H,2,5-6H2,1H3,(H,24,25). The lowest BCUT2D eigenvalue weighted by atomic mass is 10.1. The summed E-state index contributed by atoms with van der Waals surface area (Å²) in [5, 5.41) is 1.81. The van der Waals surface area contributed by atoms with Gasteiger partial charge in [0, 0.05) is 10.2 Å². The Balaban J connectivity index is 2.29. The van der Waals surface area contributed by atoms with Crippen molar-refractivity contribution >= 4 is 51.5 Å². The normalized spacial score (nSPS) is 10.7. The summed E-state index contributed by atoms with van der Waals surface area (Å²) in [5.74, 6) is -4.37. The number of carbonyl (C=O) groups excluding carboxylic acids is 1. The zero-order valence-corrected chi connectivity index (χ0v) is 17.0. The highest BCUT2D eigenvalue weighted by atomic mass is 127. The quantitative estimate of drug-likeness (QED) is 0.230. The fourth-order valence-corrected chi connectivity index (χ4v) is 2.68. The van der Waals surface area contributed by atoms with Gasteiger partial charge in [-0.05, 0) is 53.8 Å². The van der Waals surface area contributed by atoms with E-state index in [0.29, 0.717) is 10.2 Å². The van der Waals surface area contributed by atoms with E-state index in [9.17, 15) is 18.0 Å². The van der Waals surface area contributed by atoms with Gasteiger partial charge in [0.1, 0.15) is 5.82 Å². The Morgan fingerprint density at radius 3 is 2.59 bits per heavy atom. The van der Waals surface area contributed by atoms with Gasteiger partial charge in [-0.2, -0.15) is 0 Å². The molecule has 0 atom stereocenters. The van der Waals surface area contributed by atoms with Gasteiger partial charge in [0.05, 0.1) is 35.2 Å². The fraction of sp³-hybridized carbons (Fsp3) is 0.235. The van der Waals surface area contributed by atoms with E-state index in [-0.39, 0.29) is 24.5 Å². The minimum Gasteiger partial charge on any atom is -0.379 e. The summed E-state index contributed by atoms with van der Waals surface area (Å²) in [6.07, 6.45) is 0. The number of amides is 1. The van der Waals surface area contributed by atoms with Crippen LogP contribution in [0.3, 0.4) is 0 Å². The van der Waals surface area contributed by atoms with E-state index in [1.165, 1.54) is 12.1 Å². The molecule has 0 saturated heterocycles. The molecule has 1 amide bonds. The highest BCUT2D eigenvalue weighted by Crippen LogP contribution is 2.32. The number of rotatable bonds is 8. The van der Waals surface area contributed by atoms with Crippen molar-refractivity contribution in [2.75, 3.05) is 25.1 Å². The second-order valence-corrected chi connectivity index (χ2v) is 6.79. The zero-order chi connectivity index (χ0) is 20.0. The van der Waals surface area contributed by atoms with Crippen LogP contribution < -0.4 is 10.8 Å². The molecule has 0 radical (unpaired) electrons. The predicted molar refractivity (Wildman–Crippen MR) is 104 cm³/mol. The van der Waals surface area contributed by atoms with E-state index >= 15 is 0 Å². The lowest BCUT2D eigenvalue weighted by Crippen LogP contribution is -2.26. The average molecular weight is 515 g/mol. The molecule has 2 N–H and O–H groups in total. The van der Waals surface area contributed by atoms with Gasteiger partial charge in [-0.1, -0.05) is 11.6 Å². The number of carbonyl (C=O) groups is 1. The topological polar surface area (TPSA) is 59.6 Å². The van der Waals surface area contributed by atoms with Crippen molar-refractivity contribution in [3.8, 4) is 0 Å². The Morgan fingerprint density at radius 1 is 1.19 bits per heavy atom. The molecule has 0 aromatic heterocycles.